The average molecular weight is 867 g/mol. The van der Waals surface area contributed by atoms with E-state index in [1.54, 1.807) is 13.8 Å². The van der Waals surface area contributed by atoms with Crippen LogP contribution in [0.2, 0.25) is 0 Å². The molecule has 0 aromatic carbocycles. The highest BCUT2D eigenvalue weighted by molar-refractivity contribution is 5.67. The SMILES string of the molecule is CC(=O)O[C@@H]1[C@@H](OC(C)=O)[C@H](O[C@H]2CC[C@]34C[C@]35CC[C@]3(C)[C@@H]([C@@]6(C)CC[C@H](C(C)(C)O)O6)[C@@H](O)C[C@@]3(C)[C@@H]5C[C@H](O[C@@H]3O[C@H](CO)[C@@H](O)[C@H](O)[C@H]3O)[C@@H]4C2(C)C)CC[C@H]1O. The molecular formula is C46H74O15. The fourth-order valence-electron chi connectivity index (χ4n) is 15.9. The third kappa shape index (κ3) is 6.90. The molecule has 0 unspecified atom stereocenters. The molecule has 0 aromatic rings. The van der Waals surface area contributed by atoms with E-state index in [-0.39, 0.29) is 58.0 Å². The Bertz CT molecular complexity index is 1680. The van der Waals surface area contributed by atoms with Gasteiger partial charge in [-0.25, -0.2) is 0 Å². The summed E-state index contributed by atoms with van der Waals surface area (Å²) in [5.41, 5.74) is -3.25. The Morgan fingerprint density at radius 2 is 1.39 bits per heavy atom. The van der Waals surface area contributed by atoms with Crippen molar-refractivity contribution in [2.24, 2.45) is 44.8 Å². The van der Waals surface area contributed by atoms with Crippen LogP contribution in [0, 0.1) is 44.8 Å². The molecule has 21 atom stereocenters. The minimum Gasteiger partial charge on any atom is -0.456 e. The molecule has 15 nitrogen and oxygen atoms in total. The topological polar surface area (TPSA) is 231 Å². The smallest absolute Gasteiger partial charge is 0.303 e. The Balaban J connectivity index is 1.15. The van der Waals surface area contributed by atoms with Crippen molar-refractivity contribution in [3.05, 3.63) is 0 Å². The maximum absolute atomic E-state index is 12.4. The van der Waals surface area contributed by atoms with E-state index in [1.165, 1.54) is 13.8 Å². The van der Waals surface area contributed by atoms with Crippen molar-refractivity contribution in [3.8, 4) is 0 Å². The van der Waals surface area contributed by atoms with Crippen molar-refractivity contribution >= 4 is 11.9 Å². The van der Waals surface area contributed by atoms with Gasteiger partial charge in [-0.2, -0.15) is 0 Å². The van der Waals surface area contributed by atoms with E-state index in [2.05, 4.69) is 34.6 Å². The molecule has 6 saturated carbocycles. The van der Waals surface area contributed by atoms with Gasteiger partial charge in [0.1, 0.15) is 24.4 Å². The zero-order valence-electron chi connectivity index (χ0n) is 37.6. The van der Waals surface area contributed by atoms with Crippen molar-refractivity contribution in [2.75, 3.05) is 6.61 Å². The second kappa shape index (κ2) is 15.3. The van der Waals surface area contributed by atoms with Crippen molar-refractivity contribution in [1.82, 2.24) is 0 Å². The average Bonchev–Trinajstić information content (AvgIpc) is 3.52. The number of hydrogen-bond donors (Lipinski definition) is 7. The van der Waals surface area contributed by atoms with E-state index in [1.807, 2.05) is 0 Å². The quantitative estimate of drug-likeness (QED) is 0.131. The van der Waals surface area contributed by atoms with Crippen LogP contribution < -0.4 is 0 Å². The lowest BCUT2D eigenvalue weighted by Crippen LogP contribution is -2.65. The first-order valence-electron chi connectivity index (χ1n) is 23.0. The predicted molar refractivity (Wildman–Crippen MR) is 216 cm³/mol. The zero-order valence-corrected chi connectivity index (χ0v) is 37.6. The van der Waals surface area contributed by atoms with Gasteiger partial charge in [-0.1, -0.05) is 27.7 Å². The Hall–Kier alpha value is -1.50. The van der Waals surface area contributed by atoms with Gasteiger partial charge in [-0.05, 0) is 130 Å². The lowest BCUT2D eigenvalue weighted by molar-refractivity contribution is -0.333. The van der Waals surface area contributed by atoms with E-state index in [0.29, 0.717) is 32.1 Å². The van der Waals surface area contributed by atoms with Crippen molar-refractivity contribution < 1.29 is 73.8 Å². The van der Waals surface area contributed by atoms with Crippen molar-refractivity contribution in [2.45, 2.75) is 224 Å². The van der Waals surface area contributed by atoms with Crippen molar-refractivity contribution in [1.29, 1.82) is 0 Å². The first kappa shape index (κ1) is 46.0. The third-order valence-corrected chi connectivity index (χ3v) is 18.6. The van der Waals surface area contributed by atoms with E-state index < -0.39 is 102 Å². The summed E-state index contributed by atoms with van der Waals surface area (Å²) in [6, 6.07) is 0. The van der Waals surface area contributed by atoms with Crippen LogP contribution in [-0.4, -0.2) is 145 Å². The summed E-state index contributed by atoms with van der Waals surface area (Å²) >= 11 is 0. The van der Waals surface area contributed by atoms with Crippen LogP contribution in [0.1, 0.15) is 133 Å². The van der Waals surface area contributed by atoms with Gasteiger partial charge >= 0.3 is 11.9 Å². The maximum Gasteiger partial charge on any atom is 0.303 e. The summed E-state index contributed by atoms with van der Waals surface area (Å²) in [5, 5.41) is 77.3. The third-order valence-electron chi connectivity index (χ3n) is 18.6. The Kier molecular flexibility index (Phi) is 11.5. The fraction of sp³-hybridized carbons (Fsp3) is 0.957. The molecule has 0 aromatic heterocycles. The summed E-state index contributed by atoms with van der Waals surface area (Å²) in [6.45, 7) is 16.6. The molecule has 0 bridgehead atoms. The summed E-state index contributed by atoms with van der Waals surface area (Å²) in [7, 11) is 0. The normalized spacial score (nSPS) is 53.8. The molecule has 2 spiro atoms. The molecule has 2 saturated heterocycles. The van der Waals surface area contributed by atoms with E-state index in [9.17, 15) is 45.3 Å². The number of hydrogen-bond acceptors (Lipinski definition) is 15. The van der Waals surface area contributed by atoms with Gasteiger partial charge < -0.3 is 64.2 Å². The summed E-state index contributed by atoms with van der Waals surface area (Å²) in [4.78, 5) is 24.6. The number of esters is 2. The largest absolute Gasteiger partial charge is 0.456 e. The van der Waals surface area contributed by atoms with Gasteiger partial charge in [0, 0.05) is 19.8 Å². The second-order valence-corrected chi connectivity index (χ2v) is 22.6. The van der Waals surface area contributed by atoms with E-state index in [4.69, 9.17) is 28.4 Å². The minimum absolute atomic E-state index is 0.0826. The molecule has 15 heteroatoms. The van der Waals surface area contributed by atoms with Crippen molar-refractivity contribution in [3.63, 3.8) is 0 Å². The molecule has 7 N–H and O–H groups in total. The Morgan fingerprint density at radius 1 is 0.721 bits per heavy atom. The van der Waals surface area contributed by atoms with Crippen LogP contribution in [0.25, 0.3) is 0 Å². The van der Waals surface area contributed by atoms with Gasteiger partial charge in [0.05, 0.1) is 54.4 Å². The highest BCUT2D eigenvalue weighted by atomic mass is 16.7. The van der Waals surface area contributed by atoms with Gasteiger partial charge in [0.15, 0.2) is 18.5 Å². The monoisotopic (exact) mass is 867 g/mol. The molecule has 0 radical (unpaired) electrons. The summed E-state index contributed by atoms with van der Waals surface area (Å²) in [5.74, 6) is -1.44. The molecule has 348 valence electrons. The van der Waals surface area contributed by atoms with Crippen LogP contribution in [0.4, 0.5) is 0 Å². The minimum atomic E-state index is -1.62. The van der Waals surface area contributed by atoms with E-state index in [0.717, 1.165) is 32.1 Å². The number of aliphatic hydroxyl groups excluding tert-OH is 6. The van der Waals surface area contributed by atoms with Crippen LogP contribution in [0.5, 0.6) is 0 Å². The molecule has 8 aliphatic rings. The van der Waals surface area contributed by atoms with E-state index >= 15 is 0 Å². The lowest BCUT2D eigenvalue weighted by atomic mass is 9.41. The standard InChI is InChI=1S/C46H74O15/c1-22(48)56-35-24(50)10-11-26(36(35)57-23(2)49)58-30-13-15-46-21-45(46)17-16-42(7)37(44(9)14-12-31(61-44)41(5,6)55)25(51)19-43(42,8)29(45)18-27(38(46)40(30,3)4)59-39-34(54)33(53)32(52)28(20-47)60-39/h24-39,47,50-55H,10-21H2,1-9H3/t24-,25+,26-,27+,28-,29+,30+,31-,32-,33+,34-,35+,36+,37+,38-,39-,42-,43+,44-,45+,46-/m1/s1. The van der Waals surface area contributed by atoms with Gasteiger partial charge in [0.2, 0.25) is 0 Å². The number of rotatable bonds is 9. The zero-order chi connectivity index (χ0) is 44.6. The number of fused-ring (bicyclic) bond motifs is 2. The maximum atomic E-state index is 12.4. The molecule has 2 aliphatic heterocycles. The number of carbonyl (C=O) groups excluding carboxylic acids is 2. The number of ether oxygens (including phenoxy) is 6. The Labute approximate surface area is 360 Å². The summed E-state index contributed by atoms with van der Waals surface area (Å²) < 4.78 is 38.1. The second-order valence-electron chi connectivity index (χ2n) is 22.6. The molecule has 2 heterocycles. The predicted octanol–water partition coefficient (Wildman–Crippen LogP) is 2.67. The van der Waals surface area contributed by atoms with Gasteiger partial charge in [0.25, 0.3) is 0 Å². The first-order chi connectivity index (χ1) is 28.3. The fourth-order valence-corrected chi connectivity index (χ4v) is 15.9. The van der Waals surface area contributed by atoms with Crippen LogP contribution in [0.15, 0.2) is 0 Å². The van der Waals surface area contributed by atoms with Gasteiger partial charge in [-0.3, -0.25) is 9.59 Å². The summed E-state index contributed by atoms with van der Waals surface area (Å²) in [6.07, 6.45) is -5.53. The molecule has 8 rings (SSSR count). The molecular weight excluding hydrogens is 792 g/mol. The number of carbonyl (C=O) groups is 2. The van der Waals surface area contributed by atoms with Crippen LogP contribution >= 0.6 is 0 Å². The van der Waals surface area contributed by atoms with Crippen LogP contribution in [-0.2, 0) is 38.0 Å². The molecule has 6 aliphatic carbocycles. The lowest BCUT2D eigenvalue weighted by Gasteiger charge is -2.65. The molecule has 61 heavy (non-hydrogen) atoms. The van der Waals surface area contributed by atoms with Gasteiger partial charge in [-0.15, -0.1) is 0 Å². The van der Waals surface area contributed by atoms with Crippen LogP contribution in [0.3, 0.4) is 0 Å². The molecule has 8 fully saturated rings. The first-order valence-corrected chi connectivity index (χ1v) is 23.0. The highest BCUT2D eigenvalue weighted by Crippen LogP contribution is 2.89. The highest BCUT2D eigenvalue weighted by Gasteiger charge is 2.85. The number of aliphatic hydroxyl groups is 7. The molecule has 0 amide bonds. The Morgan fingerprint density at radius 3 is 2.02 bits per heavy atom.